The second-order valence-corrected chi connectivity index (χ2v) is 5.82. The van der Waals surface area contributed by atoms with Crippen molar-refractivity contribution in [1.29, 1.82) is 0 Å². The molecule has 0 spiro atoms. The van der Waals surface area contributed by atoms with Gasteiger partial charge in [-0.05, 0) is 57.2 Å². The van der Waals surface area contributed by atoms with Crippen molar-refractivity contribution in [3.8, 4) is 0 Å². The fraction of sp³-hybridized carbons (Fsp3) is 1.00. The largest absolute Gasteiger partial charge is 0.314 e. The van der Waals surface area contributed by atoms with Crippen LogP contribution in [-0.4, -0.2) is 37.1 Å². The van der Waals surface area contributed by atoms with Gasteiger partial charge in [0.05, 0.1) is 0 Å². The maximum absolute atomic E-state index is 3.66. The third-order valence-electron chi connectivity index (χ3n) is 3.67. The molecule has 1 N–H and O–H groups in total. The quantitative estimate of drug-likeness (QED) is 0.722. The van der Waals surface area contributed by atoms with Crippen LogP contribution in [0.15, 0.2) is 0 Å². The van der Waals surface area contributed by atoms with E-state index in [1.807, 2.05) is 0 Å². The smallest absolute Gasteiger partial charge is 0.00683 e. The second-order valence-electron chi connectivity index (χ2n) is 5.82. The van der Waals surface area contributed by atoms with Crippen LogP contribution in [0, 0.1) is 11.8 Å². The Kier molecular flexibility index (Phi) is 4.04. The monoisotopic (exact) mass is 210 g/mol. The van der Waals surface area contributed by atoms with Crippen molar-refractivity contribution >= 4 is 0 Å². The molecule has 88 valence electrons. The van der Waals surface area contributed by atoms with Gasteiger partial charge in [0.25, 0.3) is 0 Å². The molecule has 2 heteroatoms. The molecule has 0 bridgehead atoms. The number of rotatable bonds is 6. The van der Waals surface area contributed by atoms with Gasteiger partial charge in [-0.1, -0.05) is 13.8 Å². The Morgan fingerprint density at radius 1 is 1.27 bits per heavy atom. The van der Waals surface area contributed by atoms with Gasteiger partial charge in [0.1, 0.15) is 0 Å². The van der Waals surface area contributed by atoms with Crippen molar-refractivity contribution in [2.45, 2.75) is 45.6 Å². The zero-order chi connectivity index (χ0) is 10.7. The average molecular weight is 210 g/mol. The molecule has 2 nitrogen and oxygen atoms in total. The fourth-order valence-corrected chi connectivity index (χ4v) is 2.34. The highest BCUT2D eigenvalue weighted by Gasteiger charge is 2.25. The van der Waals surface area contributed by atoms with Gasteiger partial charge < -0.3 is 10.2 Å². The molecule has 1 heterocycles. The maximum atomic E-state index is 3.66. The van der Waals surface area contributed by atoms with Gasteiger partial charge in [0, 0.05) is 12.6 Å². The highest BCUT2D eigenvalue weighted by molar-refractivity contribution is 4.84. The summed E-state index contributed by atoms with van der Waals surface area (Å²) in [6.07, 6.45) is 5.62. The zero-order valence-electron chi connectivity index (χ0n) is 10.3. The molecule has 1 saturated carbocycles. The number of hydrogen-bond acceptors (Lipinski definition) is 2. The van der Waals surface area contributed by atoms with Gasteiger partial charge in [-0.2, -0.15) is 0 Å². The van der Waals surface area contributed by atoms with Crippen LogP contribution in [0.25, 0.3) is 0 Å². The minimum atomic E-state index is 0.855. The van der Waals surface area contributed by atoms with E-state index in [0.717, 1.165) is 17.9 Å². The molecule has 1 aliphatic carbocycles. The van der Waals surface area contributed by atoms with Crippen LogP contribution in [-0.2, 0) is 0 Å². The number of likely N-dealkylation sites (tertiary alicyclic amines) is 1. The Morgan fingerprint density at radius 3 is 2.73 bits per heavy atom. The van der Waals surface area contributed by atoms with Crippen molar-refractivity contribution in [3.05, 3.63) is 0 Å². The van der Waals surface area contributed by atoms with Crippen LogP contribution in [0.5, 0.6) is 0 Å². The third kappa shape index (κ3) is 4.12. The average Bonchev–Trinajstić information content (AvgIpc) is 2.92. The third-order valence-corrected chi connectivity index (χ3v) is 3.67. The van der Waals surface area contributed by atoms with Gasteiger partial charge in [0.15, 0.2) is 0 Å². The lowest BCUT2D eigenvalue weighted by Gasteiger charge is -2.17. The van der Waals surface area contributed by atoms with Gasteiger partial charge in [-0.25, -0.2) is 0 Å². The number of hydrogen-bond donors (Lipinski definition) is 1. The molecule has 2 fully saturated rings. The summed E-state index contributed by atoms with van der Waals surface area (Å²) in [6.45, 7) is 9.90. The first-order valence-electron chi connectivity index (χ1n) is 6.70. The van der Waals surface area contributed by atoms with Crippen molar-refractivity contribution in [3.63, 3.8) is 0 Å². The lowest BCUT2D eigenvalue weighted by Crippen LogP contribution is -2.28. The first-order chi connectivity index (χ1) is 7.24. The summed E-state index contributed by atoms with van der Waals surface area (Å²) in [4.78, 5) is 2.65. The molecule has 1 atom stereocenters. The van der Waals surface area contributed by atoms with Crippen molar-refractivity contribution < 1.29 is 0 Å². The van der Waals surface area contributed by atoms with Gasteiger partial charge in [-0.15, -0.1) is 0 Å². The summed E-state index contributed by atoms with van der Waals surface area (Å²) < 4.78 is 0. The summed E-state index contributed by atoms with van der Waals surface area (Å²) in [5.41, 5.74) is 0. The summed E-state index contributed by atoms with van der Waals surface area (Å²) in [6, 6.07) is 0.884. The zero-order valence-corrected chi connectivity index (χ0v) is 10.3. The molecule has 0 aromatic heterocycles. The molecule has 0 amide bonds. The van der Waals surface area contributed by atoms with Crippen LogP contribution < -0.4 is 5.32 Å². The molecule has 0 aromatic carbocycles. The lowest BCUT2D eigenvalue weighted by atomic mass is 10.1. The van der Waals surface area contributed by atoms with E-state index in [2.05, 4.69) is 24.1 Å². The summed E-state index contributed by atoms with van der Waals surface area (Å²) >= 11 is 0. The van der Waals surface area contributed by atoms with E-state index in [1.54, 1.807) is 0 Å². The van der Waals surface area contributed by atoms with E-state index in [4.69, 9.17) is 0 Å². The fourth-order valence-electron chi connectivity index (χ4n) is 2.34. The molecular weight excluding hydrogens is 184 g/mol. The topological polar surface area (TPSA) is 15.3 Å². The Hall–Kier alpha value is -0.0800. The number of nitrogens with zero attached hydrogens (tertiary/aromatic N) is 1. The minimum Gasteiger partial charge on any atom is -0.314 e. The molecule has 2 aliphatic rings. The van der Waals surface area contributed by atoms with Crippen LogP contribution in [0.4, 0.5) is 0 Å². The van der Waals surface area contributed by atoms with E-state index in [-0.39, 0.29) is 0 Å². The van der Waals surface area contributed by atoms with Gasteiger partial charge >= 0.3 is 0 Å². The van der Waals surface area contributed by atoms with Gasteiger partial charge in [0.2, 0.25) is 0 Å². The summed E-state index contributed by atoms with van der Waals surface area (Å²) in [5.74, 6) is 1.78. The Morgan fingerprint density at radius 2 is 2.07 bits per heavy atom. The summed E-state index contributed by atoms with van der Waals surface area (Å²) in [7, 11) is 0. The molecule has 1 saturated heterocycles. The van der Waals surface area contributed by atoms with Crippen molar-refractivity contribution in [2.24, 2.45) is 11.8 Å². The number of nitrogens with one attached hydrogen (secondary N) is 1. The van der Waals surface area contributed by atoms with E-state index < -0.39 is 0 Å². The first-order valence-corrected chi connectivity index (χ1v) is 6.70. The highest BCUT2D eigenvalue weighted by atomic mass is 15.1. The molecular formula is C13H26N2. The summed E-state index contributed by atoms with van der Waals surface area (Å²) in [5, 5.41) is 3.66. The molecule has 2 rings (SSSR count). The second kappa shape index (κ2) is 5.31. The van der Waals surface area contributed by atoms with Crippen LogP contribution in [0.2, 0.25) is 0 Å². The van der Waals surface area contributed by atoms with Crippen molar-refractivity contribution in [1.82, 2.24) is 10.2 Å². The first kappa shape index (κ1) is 11.4. The highest BCUT2D eigenvalue weighted by Crippen LogP contribution is 2.21. The Balaban J connectivity index is 1.56. The molecule has 0 radical (unpaired) electrons. The van der Waals surface area contributed by atoms with Crippen LogP contribution in [0.1, 0.15) is 39.5 Å². The Labute approximate surface area is 94.4 Å². The molecule has 1 aliphatic heterocycles. The SMILES string of the molecule is CC(C)CCN1CCC(CNC2CC2)C1. The van der Waals surface area contributed by atoms with Crippen molar-refractivity contribution in [2.75, 3.05) is 26.2 Å². The maximum Gasteiger partial charge on any atom is 0.00683 e. The molecule has 1 unspecified atom stereocenters. The normalized spacial score (nSPS) is 27.8. The van der Waals surface area contributed by atoms with Crippen LogP contribution in [0.3, 0.4) is 0 Å². The standard InChI is InChI=1S/C13H26N2/c1-11(2)5-7-15-8-6-12(10-15)9-14-13-3-4-13/h11-14H,3-10H2,1-2H3. The van der Waals surface area contributed by atoms with E-state index in [1.165, 1.54) is 51.9 Å². The predicted molar refractivity (Wildman–Crippen MR) is 65.0 cm³/mol. The minimum absolute atomic E-state index is 0.855. The molecule has 0 aromatic rings. The van der Waals surface area contributed by atoms with E-state index in [9.17, 15) is 0 Å². The van der Waals surface area contributed by atoms with Gasteiger partial charge in [-0.3, -0.25) is 0 Å². The predicted octanol–water partition coefficient (Wildman–Crippen LogP) is 2.11. The van der Waals surface area contributed by atoms with Crippen LogP contribution >= 0.6 is 0 Å². The lowest BCUT2D eigenvalue weighted by molar-refractivity contribution is 0.300. The van der Waals surface area contributed by atoms with E-state index in [0.29, 0.717) is 0 Å². The molecule has 15 heavy (non-hydrogen) atoms. The Bertz CT molecular complexity index is 175. The van der Waals surface area contributed by atoms with E-state index >= 15 is 0 Å².